The lowest BCUT2D eigenvalue weighted by molar-refractivity contribution is -0.145. The van der Waals surface area contributed by atoms with Gasteiger partial charge in [0.1, 0.15) is 54.4 Å². The van der Waals surface area contributed by atoms with Gasteiger partial charge in [0.05, 0.1) is 18.6 Å². The quantitative estimate of drug-likeness (QED) is 0.0411. The molecule has 1 aliphatic heterocycles. The molecule has 1 rings (SSSR count). The number of aliphatic carboxylic acids is 2. The van der Waals surface area contributed by atoms with Gasteiger partial charge in [-0.2, -0.15) is 0 Å². The van der Waals surface area contributed by atoms with E-state index < -0.39 is 150 Å². The van der Waals surface area contributed by atoms with Gasteiger partial charge in [-0.15, -0.1) is 0 Å². The van der Waals surface area contributed by atoms with Gasteiger partial charge in [-0.1, -0.05) is 69.2 Å². The highest BCUT2D eigenvalue weighted by Crippen LogP contribution is 2.21. The predicted molar refractivity (Wildman–Crippen MR) is 259 cm³/mol. The number of carbonyl (C=O) groups is 11. The van der Waals surface area contributed by atoms with E-state index in [9.17, 15) is 68.1 Å². The Morgan fingerprint density at radius 2 is 0.930 bits per heavy atom. The van der Waals surface area contributed by atoms with Crippen LogP contribution in [0.25, 0.3) is 0 Å². The molecule has 1 saturated heterocycles. The fourth-order valence-electron chi connectivity index (χ4n) is 7.70. The molecule has 1 fully saturated rings. The molecule has 0 aromatic heterocycles. The molecule has 0 spiro atoms. The van der Waals surface area contributed by atoms with Gasteiger partial charge in [0, 0.05) is 6.54 Å². The molecule has 0 aromatic carbocycles. The van der Waals surface area contributed by atoms with Crippen molar-refractivity contribution in [1.29, 1.82) is 0 Å². The van der Waals surface area contributed by atoms with Crippen LogP contribution in [0.1, 0.15) is 129 Å². The summed E-state index contributed by atoms with van der Waals surface area (Å²) in [6, 6.07) is -12.9. The zero-order chi connectivity index (χ0) is 54.8. The maximum Gasteiger partial charge on any atom is 0.326 e. The highest BCUT2D eigenvalue weighted by molar-refractivity contribution is 5.99. The highest BCUT2D eigenvalue weighted by Gasteiger charge is 2.42. The van der Waals surface area contributed by atoms with Crippen molar-refractivity contribution < 1.29 is 68.1 Å². The Labute approximate surface area is 416 Å². The average molecular weight is 1010 g/mol. The third-order valence-electron chi connectivity index (χ3n) is 11.6. The SMILES string of the molecule is CC(C)C[C@H](NC(=O)[C@H](CC(C)C)NC(=O)[C@@H](N)CC(C)C)C(=O)N[C@@H](CC(=O)O)C(=O)N[C@H](C(=O)N1CCC[C@H]1C(=O)N[C@H](C(=O)N[C@@H](C)C(=O)N[C@@H](C)C(=O)N[C@H](C(=O)O)C(C)C)[C@@H](C)O)C(C)C. The molecule has 71 heavy (non-hydrogen) atoms. The van der Waals surface area contributed by atoms with E-state index >= 15 is 0 Å². The van der Waals surface area contributed by atoms with Gasteiger partial charge in [0.2, 0.25) is 53.2 Å². The van der Waals surface area contributed by atoms with Crippen molar-refractivity contribution in [1.82, 2.24) is 47.4 Å². The minimum Gasteiger partial charge on any atom is -0.481 e. The molecule has 0 unspecified atom stereocenters. The number of carboxylic acids is 2. The van der Waals surface area contributed by atoms with Crippen molar-refractivity contribution in [2.45, 2.75) is 195 Å². The molecule has 9 amide bonds. The summed E-state index contributed by atoms with van der Waals surface area (Å²) in [5.41, 5.74) is 6.07. The number of nitrogens with one attached hydrogen (secondary N) is 8. The minimum absolute atomic E-state index is 0.0304. The van der Waals surface area contributed by atoms with Crippen LogP contribution < -0.4 is 48.3 Å². The van der Waals surface area contributed by atoms with Gasteiger partial charge in [0.15, 0.2) is 0 Å². The van der Waals surface area contributed by atoms with Crippen LogP contribution in [0.15, 0.2) is 0 Å². The second-order valence-electron chi connectivity index (χ2n) is 20.5. The largest absolute Gasteiger partial charge is 0.481 e. The van der Waals surface area contributed by atoms with E-state index in [4.69, 9.17) is 5.73 Å². The van der Waals surface area contributed by atoms with Crippen LogP contribution in [0.4, 0.5) is 0 Å². The summed E-state index contributed by atoms with van der Waals surface area (Å²) in [4.78, 5) is 146. The number of rotatable bonds is 29. The first kappa shape index (κ1) is 63.1. The molecule has 1 heterocycles. The molecule has 0 saturated carbocycles. The smallest absolute Gasteiger partial charge is 0.326 e. The fraction of sp³-hybridized carbons (Fsp3) is 0.766. The number of aliphatic hydroxyl groups is 1. The zero-order valence-electron chi connectivity index (χ0n) is 43.5. The number of aliphatic hydroxyl groups excluding tert-OH is 1. The molecule has 1 aliphatic rings. The van der Waals surface area contributed by atoms with Crippen LogP contribution in [0.2, 0.25) is 0 Å². The fourth-order valence-corrected chi connectivity index (χ4v) is 7.70. The van der Waals surface area contributed by atoms with Crippen molar-refractivity contribution in [3.05, 3.63) is 0 Å². The molecule has 0 bridgehead atoms. The predicted octanol–water partition coefficient (Wildman–Crippen LogP) is -1.39. The summed E-state index contributed by atoms with van der Waals surface area (Å²) in [6.45, 7) is 21.2. The number of hydrogen-bond acceptors (Lipinski definition) is 13. The lowest BCUT2D eigenvalue weighted by atomic mass is 9.98. The second-order valence-corrected chi connectivity index (χ2v) is 20.5. The molecule has 0 radical (unpaired) electrons. The number of amides is 9. The van der Waals surface area contributed by atoms with E-state index in [2.05, 4.69) is 42.5 Å². The summed E-state index contributed by atoms with van der Waals surface area (Å²) < 4.78 is 0. The first-order valence-electron chi connectivity index (χ1n) is 24.4. The molecular formula is C47H82N10O14. The Morgan fingerprint density at radius 1 is 0.507 bits per heavy atom. The number of carbonyl (C=O) groups excluding carboxylic acids is 9. The summed E-state index contributed by atoms with van der Waals surface area (Å²) in [5, 5.41) is 49.6. The molecule has 404 valence electrons. The number of hydrogen-bond donors (Lipinski definition) is 12. The second kappa shape index (κ2) is 29.4. The van der Waals surface area contributed by atoms with Crippen LogP contribution in [0, 0.1) is 29.6 Å². The van der Waals surface area contributed by atoms with E-state index in [0.717, 1.165) is 0 Å². The Kier molecular flexibility index (Phi) is 26.2. The average Bonchev–Trinajstić information content (AvgIpc) is 3.74. The standard InChI is InChI=1S/C47H82N10O14/c1-21(2)17-29(48)40(63)51-30(18-22(3)4)41(64)52-31(19-23(5)6)42(65)53-32(20-34(59)60)43(66)54-35(24(7)8)46(69)57-16-14-15-33(57)44(67)56-37(28(13)58)45(68)50-26(11)38(61)49-27(12)39(62)55-36(25(9)10)47(70)71/h21-33,35-37,58H,14-20,48H2,1-13H3,(H,49,61)(H,50,68)(H,51,63)(H,52,64)(H,53,65)(H,54,66)(H,55,62)(H,56,67)(H,59,60)(H,70,71)/t26-,27-,28+,29-,30-,31-,32-,33-,35-,36-,37-/m0/s1. The number of carboxylic acid groups (broad SMARTS) is 2. The molecular weight excluding hydrogens is 929 g/mol. The van der Waals surface area contributed by atoms with Gasteiger partial charge >= 0.3 is 11.9 Å². The van der Waals surface area contributed by atoms with Crippen molar-refractivity contribution in [3.63, 3.8) is 0 Å². The minimum atomic E-state index is -1.75. The van der Waals surface area contributed by atoms with Crippen LogP contribution in [0.5, 0.6) is 0 Å². The van der Waals surface area contributed by atoms with E-state index in [1.807, 2.05) is 27.7 Å². The first-order valence-corrected chi connectivity index (χ1v) is 24.4. The summed E-state index contributed by atoms with van der Waals surface area (Å²) in [7, 11) is 0. The van der Waals surface area contributed by atoms with Crippen molar-refractivity contribution in [2.24, 2.45) is 35.3 Å². The maximum absolute atomic E-state index is 14.2. The van der Waals surface area contributed by atoms with Crippen molar-refractivity contribution >= 4 is 65.1 Å². The topological polar surface area (TPSA) is 374 Å². The van der Waals surface area contributed by atoms with E-state index in [0.29, 0.717) is 12.8 Å². The monoisotopic (exact) mass is 1010 g/mol. The molecule has 24 nitrogen and oxygen atoms in total. The molecule has 11 atom stereocenters. The van der Waals surface area contributed by atoms with Gasteiger partial charge in [-0.25, -0.2) is 4.79 Å². The Hall–Kier alpha value is -5.91. The first-order chi connectivity index (χ1) is 32.8. The number of likely N-dealkylation sites (tertiary alicyclic amines) is 1. The summed E-state index contributed by atoms with van der Waals surface area (Å²) >= 11 is 0. The summed E-state index contributed by atoms with van der Waals surface area (Å²) in [5.74, 6) is -11.4. The van der Waals surface area contributed by atoms with Crippen LogP contribution >= 0.6 is 0 Å². The zero-order valence-corrected chi connectivity index (χ0v) is 43.5. The number of nitrogens with two attached hydrogens (primary N) is 1. The summed E-state index contributed by atoms with van der Waals surface area (Å²) in [6.07, 6.45) is -1.39. The Balaban J connectivity index is 3.24. The highest BCUT2D eigenvalue weighted by atomic mass is 16.4. The van der Waals surface area contributed by atoms with E-state index in [-0.39, 0.29) is 43.6 Å². The normalized spacial score (nSPS) is 17.9. The Morgan fingerprint density at radius 3 is 1.37 bits per heavy atom. The van der Waals surface area contributed by atoms with Crippen LogP contribution in [-0.4, -0.2) is 158 Å². The molecule has 0 aromatic rings. The van der Waals surface area contributed by atoms with Crippen molar-refractivity contribution in [2.75, 3.05) is 6.54 Å². The van der Waals surface area contributed by atoms with E-state index in [1.165, 1.54) is 25.7 Å². The molecule has 24 heteroatoms. The van der Waals surface area contributed by atoms with E-state index in [1.54, 1.807) is 41.5 Å². The molecule has 13 N–H and O–H groups in total. The molecule has 0 aliphatic carbocycles. The Bertz CT molecular complexity index is 1890. The lowest BCUT2D eigenvalue weighted by Gasteiger charge is -2.32. The van der Waals surface area contributed by atoms with Gasteiger partial charge in [0.25, 0.3) is 0 Å². The van der Waals surface area contributed by atoms with Crippen LogP contribution in [-0.2, 0) is 52.7 Å². The third kappa shape index (κ3) is 21.1. The maximum atomic E-state index is 14.2. The lowest BCUT2D eigenvalue weighted by Crippen LogP contribution is -2.62. The third-order valence-corrected chi connectivity index (χ3v) is 11.6. The van der Waals surface area contributed by atoms with Gasteiger partial charge in [-0.05, 0) is 82.5 Å². The van der Waals surface area contributed by atoms with Crippen molar-refractivity contribution in [3.8, 4) is 0 Å². The number of nitrogens with zero attached hydrogens (tertiary/aromatic N) is 1. The van der Waals surface area contributed by atoms with Crippen LogP contribution in [0.3, 0.4) is 0 Å². The van der Waals surface area contributed by atoms with Gasteiger partial charge in [-0.3, -0.25) is 47.9 Å². The van der Waals surface area contributed by atoms with Gasteiger partial charge < -0.3 is 68.5 Å².